The highest BCUT2D eigenvalue weighted by Gasteiger charge is 2.31. The van der Waals surface area contributed by atoms with Gasteiger partial charge in [0.05, 0.1) is 6.54 Å². The number of aromatic hydroxyl groups is 1. The lowest BCUT2D eigenvalue weighted by Crippen LogP contribution is -2.38. The molecule has 0 saturated heterocycles. The molecule has 0 bridgehead atoms. The van der Waals surface area contributed by atoms with Crippen molar-refractivity contribution in [1.82, 2.24) is 4.90 Å². The van der Waals surface area contributed by atoms with Crippen LogP contribution in [0.15, 0.2) is 24.3 Å². The Morgan fingerprint density at radius 2 is 1.71 bits per heavy atom. The molecule has 0 amide bonds. The molecule has 0 saturated carbocycles. The van der Waals surface area contributed by atoms with Crippen molar-refractivity contribution >= 4 is 0 Å². The van der Waals surface area contributed by atoms with Gasteiger partial charge < -0.3 is 5.11 Å². The minimum atomic E-state index is -4.19. The molecule has 0 fully saturated rings. The molecule has 17 heavy (non-hydrogen) atoms. The zero-order chi connectivity index (χ0) is 13.1. The molecule has 0 atom stereocenters. The zero-order valence-corrected chi connectivity index (χ0v) is 9.83. The van der Waals surface area contributed by atoms with E-state index in [9.17, 15) is 13.2 Å². The van der Waals surface area contributed by atoms with Gasteiger partial charge in [-0.3, -0.25) is 4.90 Å². The fraction of sp³-hybridized carbons (Fsp3) is 0.500. The Balaban J connectivity index is 2.70. The van der Waals surface area contributed by atoms with Crippen molar-refractivity contribution < 1.29 is 18.3 Å². The van der Waals surface area contributed by atoms with Crippen LogP contribution in [0, 0.1) is 0 Å². The van der Waals surface area contributed by atoms with E-state index in [1.807, 2.05) is 0 Å². The number of phenolic OH excluding ortho intramolecular Hbond substituents is 1. The molecule has 5 heteroatoms. The van der Waals surface area contributed by atoms with Crippen molar-refractivity contribution in [2.75, 3.05) is 6.54 Å². The Morgan fingerprint density at radius 1 is 1.18 bits per heavy atom. The van der Waals surface area contributed by atoms with Crippen LogP contribution in [-0.4, -0.2) is 28.8 Å². The van der Waals surface area contributed by atoms with Gasteiger partial charge in [-0.25, -0.2) is 0 Å². The van der Waals surface area contributed by atoms with Gasteiger partial charge in [0, 0.05) is 12.6 Å². The van der Waals surface area contributed by atoms with Gasteiger partial charge >= 0.3 is 6.18 Å². The Hall–Kier alpha value is -1.23. The minimum absolute atomic E-state index is 0.112. The van der Waals surface area contributed by atoms with Gasteiger partial charge in [0.15, 0.2) is 0 Å². The first-order valence-electron chi connectivity index (χ1n) is 5.36. The average Bonchev–Trinajstić information content (AvgIpc) is 2.18. The second-order valence-electron chi connectivity index (χ2n) is 4.28. The third-order valence-corrected chi connectivity index (χ3v) is 2.43. The van der Waals surface area contributed by atoms with E-state index in [-0.39, 0.29) is 18.3 Å². The number of hydrogen-bond donors (Lipinski definition) is 1. The standard InChI is InChI=1S/C12H16F3NO/c1-9(2)16(8-12(13,14)15)7-10-3-5-11(17)6-4-10/h3-6,9,17H,7-8H2,1-2H3. The highest BCUT2D eigenvalue weighted by atomic mass is 19.4. The second-order valence-corrected chi connectivity index (χ2v) is 4.28. The summed E-state index contributed by atoms with van der Waals surface area (Å²) in [5, 5.41) is 9.09. The monoisotopic (exact) mass is 247 g/mol. The van der Waals surface area contributed by atoms with Crippen LogP contribution in [0.1, 0.15) is 19.4 Å². The van der Waals surface area contributed by atoms with Crippen molar-refractivity contribution in [3.8, 4) is 5.75 Å². The summed E-state index contributed by atoms with van der Waals surface area (Å²) < 4.78 is 37.1. The van der Waals surface area contributed by atoms with E-state index in [0.29, 0.717) is 0 Å². The number of benzene rings is 1. The number of alkyl halides is 3. The molecular formula is C12H16F3NO. The average molecular weight is 247 g/mol. The van der Waals surface area contributed by atoms with E-state index >= 15 is 0 Å². The molecule has 0 aliphatic rings. The van der Waals surface area contributed by atoms with Crippen molar-refractivity contribution in [1.29, 1.82) is 0 Å². The molecule has 0 unspecified atom stereocenters. The molecule has 0 heterocycles. The molecule has 0 aromatic heterocycles. The smallest absolute Gasteiger partial charge is 0.401 e. The second kappa shape index (κ2) is 5.40. The van der Waals surface area contributed by atoms with Gasteiger partial charge in [-0.2, -0.15) is 13.2 Å². The summed E-state index contributed by atoms with van der Waals surface area (Å²) in [6, 6.07) is 6.01. The lowest BCUT2D eigenvalue weighted by Gasteiger charge is -2.27. The molecule has 0 aliphatic heterocycles. The van der Waals surface area contributed by atoms with E-state index in [1.165, 1.54) is 17.0 Å². The van der Waals surface area contributed by atoms with Crippen LogP contribution in [0.4, 0.5) is 13.2 Å². The summed E-state index contributed by atoms with van der Waals surface area (Å²) in [6.45, 7) is 2.75. The van der Waals surface area contributed by atoms with Crippen LogP contribution in [-0.2, 0) is 6.54 Å². The molecule has 0 radical (unpaired) electrons. The Morgan fingerprint density at radius 3 is 2.12 bits per heavy atom. The molecule has 1 rings (SSSR count). The minimum Gasteiger partial charge on any atom is -0.508 e. The van der Waals surface area contributed by atoms with Gasteiger partial charge in [0.2, 0.25) is 0 Å². The van der Waals surface area contributed by atoms with Crippen LogP contribution in [0.2, 0.25) is 0 Å². The first-order chi connectivity index (χ1) is 7.78. The van der Waals surface area contributed by atoms with Crippen LogP contribution in [0.25, 0.3) is 0 Å². The summed E-state index contributed by atoms with van der Waals surface area (Å²) in [7, 11) is 0. The Bertz CT molecular complexity index is 346. The SMILES string of the molecule is CC(C)N(Cc1ccc(O)cc1)CC(F)(F)F. The lowest BCUT2D eigenvalue weighted by molar-refractivity contribution is -0.150. The van der Waals surface area contributed by atoms with Crippen LogP contribution in [0.5, 0.6) is 5.75 Å². The molecule has 96 valence electrons. The predicted octanol–water partition coefficient (Wildman–Crippen LogP) is 3.16. The van der Waals surface area contributed by atoms with Gasteiger partial charge in [0.1, 0.15) is 5.75 Å². The summed E-state index contributed by atoms with van der Waals surface area (Å²) in [4.78, 5) is 1.34. The number of halogens is 3. The maximum Gasteiger partial charge on any atom is 0.401 e. The van der Waals surface area contributed by atoms with E-state index in [4.69, 9.17) is 5.11 Å². The summed E-state index contributed by atoms with van der Waals surface area (Å²) in [6.07, 6.45) is -4.19. The van der Waals surface area contributed by atoms with E-state index < -0.39 is 12.7 Å². The van der Waals surface area contributed by atoms with Gasteiger partial charge in [-0.15, -0.1) is 0 Å². The maximum atomic E-state index is 12.4. The Labute approximate surface area is 98.7 Å². The molecule has 1 N–H and O–H groups in total. The van der Waals surface area contributed by atoms with Crippen molar-refractivity contribution in [3.63, 3.8) is 0 Å². The molecular weight excluding hydrogens is 231 g/mol. The van der Waals surface area contributed by atoms with E-state index in [2.05, 4.69) is 0 Å². The van der Waals surface area contributed by atoms with Crippen molar-refractivity contribution in [2.24, 2.45) is 0 Å². The zero-order valence-electron chi connectivity index (χ0n) is 9.83. The maximum absolute atomic E-state index is 12.4. The molecule has 2 nitrogen and oxygen atoms in total. The number of nitrogens with zero attached hydrogens (tertiary/aromatic N) is 1. The predicted molar refractivity (Wildman–Crippen MR) is 59.7 cm³/mol. The summed E-state index contributed by atoms with van der Waals surface area (Å²) in [5.41, 5.74) is 0.751. The van der Waals surface area contributed by atoms with Crippen LogP contribution < -0.4 is 0 Å². The van der Waals surface area contributed by atoms with Crippen LogP contribution >= 0.6 is 0 Å². The fourth-order valence-corrected chi connectivity index (χ4v) is 1.49. The Kier molecular flexibility index (Phi) is 4.40. The van der Waals surface area contributed by atoms with E-state index in [0.717, 1.165) is 5.56 Å². The third-order valence-electron chi connectivity index (χ3n) is 2.43. The summed E-state index contributed by atoms with van der Waals surface area (Å²) in [5.74, 6) is 0.112. The first kappa shape index (κ1) is 13.8. The van der Waals surface area contributed by atoms with Crippen molar-refractivity contribution in [3.05, 3.63) is 29.8 Å². The third kappa shape index (κ3) is 5.08. The summed E-state index contributed by atoms with van der Waals surface area (Å²) >= 11 is 0. The molecule has 1 aromatic rings. The number of phenols is 1. The number of hydrogen-bond acceptors (Lipinski definition) is 2. The lowest BCUT2D eigenvalue weighted by atomic mass is 10.2. The fourth-order valence-electron chi connectivity index (χ4n) is 1.49. The normalized spacial score (nSPS) is 12.4. The van der Waals surface area contributed by atoms with E-state index in [1.54, 1.807) is 26.0 Å². The van der Waals surface area contributed by atoms with Gasteiger partial charge in [-0.1, -0.05) is 12.1 Å². The quantitative estimate of drug-likeness (QED) is 0.883. The molecule has 0 spiro atoms. The largest absolute Gasteiger partial charge is 0.508 e. The highest BCUT2D eigenvalue weighted by molar-refractivity contribution is 5.25. The van der Waals surface area contributed by atoms with Crippen LogP contribution in [0.3, 0.4) is 0 Å². The topological polar surface area (TPSA) is 23.5 Å². The molecule has 1 aromatic carbocycles. The number of rotatable bonds is 4. The highest BCUT2D eigenvalue weighted by Crippen LogP contribution is 2.20. The first-order valence-corrected chi connectivity index (χ1v) is 5.36. The van der Waals surface area contributed by atoms with Gasteiger partial charge in [0.25, 0.3) is 0 Å². The van der Waals surface area contributed by atoms with Crippen molar-refractivity contribution in [2.45, 2.75) is 32.6 Å². The van der Waals surface area contributed by atoms with Gasteiger partial charge in [-0.05, 0) is 31.5 Å². The molecule has 0 aliphatic carbocycles.